The van der Waals surface area contributed by atoms with Gasteiger partial charge in [-0.15, -0.1) is 0 Å². The number of hydrogen-bond acceptors (Lipinski definition) is 4. The van der Waals surface area contributed by atoms with Crippen LogP contribution in [0.4, 0.5) is 23.7 Å². The Balaban J connectivity index is 1.56. The number of pyridine rings is 1. The number of aromatic nitrogens is 1. The molecule has 1 aromatic heterocycles. The van der Waals surface area contributed by atoms with Crippen molar-refractivity contribution in [2.24, 2.45) is 5.92 Å². The molecule has 2 amide bonds. The molecule has 1 saturated carbocycles. The van der Waals surface area contributed by atoms with Crippen LogP contribution < -0.4 is 10.2 Å². The van der Waals surface area contributed by atoms with Gasteiger partial charge in [-0.05, 0) is 88.4 Å². The van der Waals surface area contributed by atoms with Crippen LogP contribution in [0.25, 0.3) is 0 Å². The molecule has 3 aliphatic rings. The summed E-state index contributed by atoms with van der Waals surface area (Å²) in [6.45, 7) is 4.13. The molecule has 1 aromatic rings. The molecular weight excluding hydrogens is 433 g/mol. The van der Waals surface area contributed by atoms with Crippen LogP contribution in [-0.4, -0.2) is 52.7 Å². The number of likely N-dealkylation sites (N-methyl/N-ethyl adjacent to an activating group) is 1. The summed E-state index contributed by atoms with van der Waals surface area (Å²) in [6.07, 6.45) is 4.23. The Morgan fingerprint density at radius 1 is 1.24 bits per heavy atom. The molecule has 4 rings (SSSR count). The van der Waals surface area contributed by atoms with Gasteiger partial charge in [0.15, 0.2) is 0 Å². The van der Waals surface area contributed by atoms with Crippen LogP contribution >= 0.6 is 0 Å². The molecule has 2 aliphatic carbocycles. The van der Waals surface area contributed by atoms with Crippen LogP contribution in [0.15, 0.2) is 35.7 Å². The average Bonchev–Trinajstić information content (AvgIpc) is 3.05. The van der Waals surface area contributed by atoms with E-state index in [1.54, 1.807) is 6.92 Å². The minimum absolute atomic E-state index is 0.211. The number of nitrogens with one attached hydrogen (secondary N) is 1. The second kappa shape index (κ2) is 8.04. The maximum Gasteiger partial charge on any atom is 0.433 e. The van der Waals surface area contributed by atoms with Crippen LogP contribution in [-0.2, 0) is 6.18 Å². The van der Waals surface area contributed by atoms with Gasteiger partial charge < -0.3 is 10.4 Å². The molecule has 0 radical (unpaired) electrons. The number of allylic oxidation sites excluding steroid dienone is 2. The van der Waals surface area contributed by atoms with Crippen LogP contribution in [0.1, 0.15) is 50.3 Å². The minimum atomic E-state index is -4.52. The Bertz CT molecular complexity index is 1010. The molecule has 2 N–H and O–H groups in total. The summed E-state index contributed by atoms with van der Waals surface area (Å²) < 4.78 is 39.0. The highest BCUT2D eigenvalue weighted by atomic mass is 19.4. The van der Waals surface area contributed by atoms with Gasteiger partial charge in [-0.1, -0.05) is 6.92 Å². The fourth-order valence-electron chi connectivity index (χ4n) is 5.69. The maximum atomic E-state index is 13.0. The highest BCUT2D eigenvalue weighted by molar-refractivity contribution is 5.96. The van der Waals surface area contributed by atoms with Gasteiger partial charge in [0, 0.05) is 5.54 Å². The second-order valence-electron chi connectivity index (χ2n) is 9.94. The molecule has 2 heterocycles. The van der Waals surface area contributed by atoms with Crippen molar-refractivity contribution < 1.29 is 23.1 Å². The summed E-state index contributed by atoms with van der Waals surface area (Å²) >= 11 is 0. The SMILES string of the molecule is Cc1cc(C(F)(F)F)ncc1N1C[C@]2(CC[C@](C3=CC(O)=CCC3C)(N(C)C)CC2)NC1=O. The van der Waals surface area contributed by atoms with Crippen molar-refractivity contribution in [1.82, 2.24) is 15.2 Å². The van der Waals surface area contributed by atoms with Crippen molar-refractivity contribution in [3.8, 4) is 0 Å². The third-order valence-corrected chi connectivity index (χ3v) is 7.68. The summed E-state index contributed by atoms with van der Waals surface area (Å²) in [5.41, 5.74) is 0.371. The zero-order valence-corrected chi connectivity index (χ0v) is 19.5. The van der Waals surface area contributed by atoms with Crippen molar-refractivity contribution in [3.63, 3.8) is 0 Å². The predicted octanol–water partition coefficient (Wildman–Crippen LogP) is 4.96. The van der Waals surface area contributed by atoms with E-state index in [0.29, 0.717) is 29.5 Å². The van der Waals surface area contributed by atoms with Gasteiger partial charge in [0.05, 0.1) is 24.0 Å². The number of urea groups is 1. The van der Waals surface area contributed by atoms with Gasteiger partial charge in [0.1, 0.15) is 11.5 Å². The molecule has 1 aliphatic heterocycles. The predicted molar refractivity (Wildman–Crippen MR) is 120 cm³/mol. The smallest absolute Gasteiger partial charge is 0.433 e. The lowest BCUT2D eigenvalue weighted by Crippen LogP contribution is -2.57. The van der Waals surface area contributed by atoms with Crippen molar-refractivity contribution in [3.05, 3.63) is 47.0 Å². The van der Waals surface area contributed by atoms with Crippen molar-refractivity contribution >= 4 is 11.7 Å². The van der Waals surface area contributed by atoms with Gasteiger partial charge in [0.2, 0.25) is 0 Å². The molecule has 9 heteroatoms. The molecule has 6 nitrogen and oxygen atoms in total. The summed E-state index contributed by atoms with van der Waals surface area (Å²) in [5, 5.41) is 13.3. The van der Waals surface area contributed by atoms with E-state index in [9.17, 15) is 23.1 Å². The highest BCUT2D eigenvalue weighted by Crippen LogP contribution is 2.48. The van der Waals surface area contributed by atoms with Gasteiger partial charge >= 0.3 is 12.2 Å². The Hall–Kier alpha value is -2.55. The first-order chi connectivity index (χ1) is 15.4. The minimum Gasteiger partial charge on any atom is -0.508 e. The molecule has 1 saturated heterocycles. The number of nitrogens with zero attached hydrogens (tertiary/aromatic N) is 3. The second-order valence-corrected chi connectivity index (χ2v) is 9.94. The van der Waals surface area contributed by atoms with E-state index in [2.05, 4.69) is 36.2 Å². The van der Waals surface area contributed by atoms with Crippen molar-refractivity contribution in [1.29, 1.82) is 0 Å². The van der Waals surface area contributed by atoms with Crippen LogP contribution in [0.2, 0.25) is 0 Å². The van der Waals surface area contributed by atoms with E-state index in [-0.39, 0.29) is 11.6 Å². The topological polar surface area (TPSA) is 68.7 Å². The van der Waals surface area contributed by atoms with Gasteiger partial charge in [0.25, 0.3) is 0 Å². The molecule has 1 spiro atoms. The molecule has 180 valence electrons. The number of halogens is 3. The average molecular weight is 465 g/mol. The van der Waals surface area contributed by atoms with Crippen LogP contribution in [0.5, 0.6) is 0 Å². The maximum absolute atomic E-state index is 13.0. The number of hydrogen-bond donors (Lipinski definition) is 2. The molecule has 33 heavy (non-hydrogen) atoms. The third-order valence-electron chi connectivity index (χ3n) is 7.68. The number of anilines is 1. The molecule has 0 bridgehead atoms. The van der Waals surface area contributed by atoms with E-state index in [0.717, 1.165) is 44.4 Å². The lowest BCUT2D eigenvalue weighted by atomic mass is 9.65. The first-order valence-electron chi connectivity index (χ1n) is 11.3. The molecule has 1 atom stereocenters. The van der Waals surface area contributed by atoms with Gasteiger partial charge in [-0.25, -0.2) is 9.78 Å². The first-order valence-corrected chi connectivity index (χ1v) is 11.3. The lowest BCUT2D eigenvalue weighted by molar-refractivity contribution is -0.141. The Kier molecular flexibility index (Phi) is 5.75. The van der Waals surface area contributed by atoms with Crippen LogP contribution in [0.3, 0.4) is 0 Å². The standard InChI is InChI=1S/C24H31F3N4O2/c1-15-5-6-17(32)12-18(15)23(30(3)4)9-7-22(8-10-23)14-31(21(33)29-22)19-13-28-20(11-16(19)2)24(25,26)27/h6,11-13,15,32H,5,7-10,14H2,1-4H3,(H,29,33)/t15?,22-,23+. The monoisotopic (exact) mass is 464 g/mol. The zero-order chi connectivity index (χ0) is 24.2. The van der Waals surface area contributed by atoms with E-state index in [1.807, 2.05) is 12.2 Å². The van der Waals surface area contributed by atoms with Gasteiger partial charge in [-0.2, -0.15) is 13.2 Å². The normalized spacial score (nSPS) is 30.5. The van der Waals surface area contributed by atoms with Crippen molar-refractivity contribution in [2.75, 3.05) is 25.5 Å². The first kappa shape index (κ1) is 23.6. The number of carbonyl (C=O) groups is 1. The lowest BCUT2D eigenvalue weighted by Gasteiger charge is -2.51. The Morgan fingerprint density at radius 3 is 2.48 bits per heavy atom. The number of alkyl halides is 3. The molecule has 0 aromatic carbocycles. The summed E-state index contributed by atoms with van der Waals surface area (Å²) in [7, 11) is 4.11. The number of amides is 2. The summed E-state index contributed by atoms with van der Waals surface area (Å²) in [5.74, 6) is 0.614. The third kappa shape index (κ3) is 4.11. The van der Waals surface area contributed by atoms with Gasteiger partial charge in [-0.3, -0.25) is 9.80 Å². The fourth-order valence-corrected chi connectivity index (χ4v) is 5.69. The highest BCUT2D eigenvalue weighted by Gasteiger charge is 2.52. The number of rotatable bonds is 3. The molecular formula is C24H31F3N4O2. The molecule has 1 unspecified atom stereocenters. The quantitative estimate of drug-likeness (QED) is 0.664. The summed E-state index contributed by atoms with van der Waals surface area (Å²) in [4.78, 5) is 20.2. The Morgan fingerprint density at radius 2 is 1.91 bits per heavy atom. The zero-order valence-electron chi connectivity index (χ0n) is 19.5. The molecule has 2 fully saturated rings. The number of aliphatic hydroxyl groups is 1. The van der Waals surface area contributed by atoms with Crippen LogP contribution in [0, 0.1) is 12.8 Å². The van der Waals surface area contributed by atoms with E-state index < -0.39 is 17.4 Å². The number of aryl methyl sites for hydroxylation is 1. The largest absolute Gasteiger partial charge is 0.508 e. The summed E-state index contributed by atoms with van der Waals surface area (Å²) in [6, 6.07) is 0.686. The van der Waals surface area contributed by atoms with E-state index in [4.69, 9.17) is 0 Å². The fraction of sp³-hybridized carbons (Fsp3) is 0.583. The Labute approximate surface area is 192 Å². The number of carbonyl (C=O) groups excluding carboxylic acids is 1. The van der Waals surface area contributed by atoms with E-state index >= 15 is 0 Å². The van der Waals surface area contributed by atoms with E-state index in [1.165, 1.54) is 10.5 Å². The van der Waals surface area contributed by atoms with Crippen molar-refractivity contribution in [2.45, 2.75) is 63.2 Å². The number of aliphatic hydroxyl groups excluding tert-OH is 1.